The first-order valence-corrected chi connectivity index (χ1v) is 40.7. The molecule has 0 saturated carbocycles. The number of carbonyl (C=O) groups excluding carboxylic acids is 4. The van der Waals surface area contributed by atoms with E-state index in [0.717, 1.165) is 140 Å². The lowest BCUT2D eigenvalue weighted by Gasteiger charge is -2.21. The van der Waals surface area contributed by atoms with Gasteiger partial charge in [-0.1, -0.05) is 283 Å². The van der Waals surface area contributed by atoms with Gasteiger partial charge in [-0.05, 0) is 88.9 Å². The topological polar surface area (TPSA) is 237 Å². The van der Waals surface area contributed by atoms with Gasteiger partial charge in [-0.3, -0.25) is 37.3 Å². The molecule has 6 atom stereocenters. The molecule has 94 heavy (non-hydrogen) atoms. The highest BCUT2D eigenvalue weighted by Gasteiger charge is 2.30. The van der Waals surface area contributed by atoms with Gasteiger partial charge in [0, 0.05) is 25.7 Å². The summed E-state index contributed by atoms with van der Waals surface area (Å²) in [6.45, 7) is 9.41. The van der Waals surface area contributed by atoms with Crippen molar-refractivity contribution in [2.75, 3.05) is 39.6 Å². The van der Waals surface area contributed by atoms with Crippen LogP contribution in [-0.2, 0) is 65.4 Å². The minimum absolute atomic E-state index is 0.0779. The summed E-state index contributed by atoms with van der Waals surface area (Å²) in [5.74, 6) is -0.690. The van der Waals surface area contributed by atoms with E-state index in [1.165, 1.54) is 116 Å². The molecule has 3 unspecified atom stereocenters. The zero-order chi connectivity index (χ0) is 69.3. The van der Waals surface area contributed by atoms with Crippen LogP contribution in [0.5, 0.6) is 0 Å². The Kier molecular flexibility index (Phi) is 63.8. The molecule has 0 amide bonds. The summed E-state index contributed by atoms with van der Waals surface area (Å²) >= 11 is 0. The van der Waals surface area contributed by atoms with Crippen LogP contribution in [0.2, 0.25) is 0 Å². The summed E-state index contributed by atoms with van der Waals surface area (Å²) in [4.78, 5) is 72.7. The summed E-state index contributed by atoms with van der Waals surface area (Å²) in [5, 5.41) is 10.6. The van der Waals surface area contributed by atoms with Gasteiger partial charge in [-0.2, -0.15) is 0 Å². The number of esters is 4. The highest BCUT2D eigenvalue weighted by atomic mass is 31.2. The molecule has 0 aliphatic heterocycles. The summed E-state index contributed by atoms with van der Waals surface area (Å²) in [5.41, 5.74) is 0. The lowest BCUT2D eigenvalue weighted by atomic mass is 10.00. The second-order valence-corrected chi connectivity index (χ2v) is 29.3. The second kappa shape index (κ2) is 65.9. The van der Waals surface area contributed by atoms with Crippen molar-refractivity contribution in [2.24, 2.45) is 11.8 Å². The van der Waals surface area contributed by atoms with Crippen molar-refractivity contribution in [1.29, 1.82) is 0 Å². The quantitative estimate of drug-likeness (QED) is 0.0169. The first-order chi connectivity index (χ1) is 45.4. The number of phosphoric ester groups is 2. The monoisotopic (exact) mass is 1370 g/mol. The Hall–Kier alpha value is -2.98. The third-order valence-electron chi connectivity index (χ3n) is 16.6. The Bertz CT molecular complexity index is 2010. The fraction of sp³-hybridized carbons (Fsp3) is 0.840. The molecule has 0 aromatic carbocycles. The van der Waals surface area contributed by atoms with E-state index in [4.69, 9.17) is 37.0 Å². The van der Waals surface area contributed by atoms with Gasteiger partial charge in [0.05, 0.1) is 26.4 Å². The molecule has 0 aliphatic carbocycles. The predicted molar refractivity (Wildman–Crippen MR) is 381 cm³/mol. The van der Waals surface area contributed by atoms with Gasteiger partial charge < -0.3 is 33.8 Å². The SMILES string of the molecule is CCCCCC/C=C\C=C/CCCCCCCC(=O)OC[C@H](COP(=O)(O)OC[C@@H](O)COP(=O)(O)OC[C@@H](COC(=O)CCCCCCCCC(C)CC)OC(=O)CCCCCCCCCCCCCC(C)C)OC(=O)CCCCCCC/C=C\C=C/CCCCCC. The van der Waals surface area contributed by atoms with Gasteiger partial charge in [0.25, 0.3) is 0 Å². The first kappa shape index (κ1) is 91.0. The largest absolute Gasteiger partial charge is 0.472 e. The molecule has 0 heterocycles. The number of ether oxygens (including phenoxy) is 4. The van der Waals surface area contributed by atoms with E-state index in [0.29, 0.717) is 25.7 Å². The van der Waals surface area contributed by atoms with Crippen LogP contribution in [0, 0.1) is 11.8 Å². The van der Waals surface area contributed by atoms with Crippen molar-refractivity contribution >= 4 is 39.5 Å². The van der Waals surface area contributed by atoms with Crippen LogP contribution in [0.3, 0.4) is 0 Å². The number of phosphoric acid groups is 2. The third kappa shape index (κ3) is 66.3. The molecule has 3 N–H and O–H groups in total. The van der Waals surface area contributed by atoms with E-state index >= 15 is 0 Å². The van der Waals surface area contributed by atoms with Gasteiger partial charge in [0.1, 0.15) is 19.3 Å². The van der Waals surface area contributed by atoms with Gasteiger partial charge in [-0.15, -0.1) is 0 Å². The Morgan fingerprint density at radius 2 is 0.628 bits per heavy atom. The van der Waals surface area contributed by atoms with Crippen LogP contribution in [-0.4, -0.2) is 96.7 Å². The number of hydrogen-bond acceptors (Lipinski definition) is 15. The third-order valence-corrected chi connectivity index (χ3v) is 18.5. The van der Waals surface area contributed by atoms with Crippen LogP contribution >= 0.6 is 15.6 Å². The molecule has 0 saturated heterocycles. The molecule has 0 spiro atoms. The molecule has 0 fully saturated rings. The fourth-order valence-electron chi connectivity index (χ4n) is 10.4. The summed E-state index contributed by atoms with van der Waals surface area (Å²) in [6.07, 6.45) is 58.5. The number of hydrogen-bond donors (Lipinski definition) is 3. The highest BCUT2D eigenvalue weighted by molar-refractivity contribution is 7.47. The zero-order valence-electron chi connectivity index (χ0n) is 60.2. The van der Waals surface area contributed by atoms with Crippen molar-refractivity contribution in [3.63, 3.8) is 0 Å². The first-order valence-electron chi connectivity index (χ1n) is 37.7. The zero-order valence-corrected chi connectivity index (χ0v) is 62.0. The second-order valence-electron chi connectivity index (χ2n) is 26.4. The Labute approximate surface area is 572 Å². The molecule has 550 valence electrons. The molecule has 19 heteroatoms. The van der Waals surface area contributed by atoms with E-state index in [9.17, 15) is 43.2 Å². The lowest BCUT2D eigenvalue weighted by molar-refractivity contribution is -0.161. The fourth-order valence-corrected chi connectivity index (χ4v) is 11.9. The smallest absolute Gasteiger partial charge is 0.462 e. The molecule has 17 nitrogen and oxygen atoms in total. The van der Waals surface area contributed by atoms with Crippen molar-refractivity contribution in [3.8, 4) is 0 Å². The van der Waals surface area contributed by atoms with Gasteiger partial charge in [-0.25, -0.2) is 9.13 Å². The standard InChI is InChI=1S/C75H138O17P2/c1-7-10-12-14-16-18-20-22-24-26-30-34-38-45-51-57-72(77)85-63-70(91-74(79)59-53-47-39-35-31-27-25-23-21-19-17-15-13-11-8-2)65-89-93(81,82)87-61-69(76)62-88-94(83,84)90-66-71(64-86-73(78)58-52-46-42-41-44-50-56-68(6)9-3)92-75(80)60-54-48-40-36-32-28-29-33-37-43-49-55-67(4)5/h18-25,67-71,76H,7-17,26-66H2,1-6H3,(H,81,82)(H,83,84)/b20-18-,21-19-,24-22-,25-23-/t68?,69-,70-,71-/m1/s1. The van der Waals surface area contributed by atoms with Crippen molar-refractivity contribution < 1.29 is 80.2 Å². The van der Waals surface area contributed by atoms with Gasteiger partial charge in [0.2, 0.25) is 0 Å². The van der Waals surface area contributed by atoms with Crippen LogP contribution in [0.4, 0.5) is 0 Å². The van der Waals surface area contributed by atoms with E-state index in [-0.39, 0.29) is 25.7 Å². The Balaban J connectivity index is 5.33. The highest BCUT2D eigenvalue weighted by Crippen LogP contribution is 2.45. The number of aliphatic hydroxyl groups is 1. The summed E-state index contributed by atoms with van der Waals surface area (Å²) in [7, 11) is -9.93. The maximum absolute atomic E-state index is 13.1. The van der Waals surface area contributed by atoms with Gasteiger partial charge >= 0.3 is 39.5 Å². The van der Waals surface area contributed by atoms with Crippen molar-refractivity contribution in [1.82, 2.24) is 0 Å². The molecule has 0 radical (unpaired) electrons. The lowest BCUT2D eigenvalue weighted by Crippen LogP contribution is -2.30. The molecule has 0 rings (SSSR count). The van der Waals surface area contributed by atoms with Crippen LogP contribution in [0.1, 0.15) is 337 Å². The molecule has 0 aromatic heterocycles. The number of rotatable bonds is 70. The minimum Gasteiger partial charge on any atom is -0.462 e. The Morgan fingerprint density at radius 3 is 0.947 bits per heavy atom. The normalized spacial score (nSPS) is 14.7. The maximum atomic E-state index is 13.1. The van der Waals surface area contributed by atoms with E-state index in [2.05, 4.69) is 90.2 Å². The van der Waals surface area contributed by atoms with E-state index < -0.39 is 97.5 Å². The number of carbonyl (C=O) groups is 4. The summed E-state index contributed by atoms with van der Waals surface area (Å²) < 4.78 is 68.4. The van der Waals surface area contributed by atoms with Crippen molar-refractivity contribution in [2.45, 2.75) is 355 Å². The molecule has 0 aliphatic rings. The van der Waals surface area contributed by atoms with E-state index in [1.807, 2.05) is 0 Å². The van der Waals surface area contributed by atoms with Crippen LogP contribution in [0.15, 0.2) is 48.6 Å². The average molecular weight is 1370 g/mol. The van der Waals surface area contributed by atoms with Gasteiger partial charge in [0.15, 0.2) is 12.2 Å². The van der Waals surface area contributed by atoms with Crippen LogP contribution in [0.25, 0.3) is 0 Å². The van der Waals surface area contributed by atoms with Crippen LogP contribution < -0.4 is 0 Å². The Morgan fingerprint density at radius 1 is 0.351 bits per heavy atom. The molecular weight excluding hydrogens is 1230 g/mol. The number of allylic oxidation sites excluding steroid dienone is 8. The molecule has 0 bridgehead atoms. The average Bonchev–Trinajstić information content (AvgIpc) is 1.76. The maximum Gasteiger partial charge on any atom is 0.472 e. The summed E-state index contributed by atoms with van der Waals surface area (Å²) in [6, 6.07) is 0. The number of unbranched alkanes of at least 4 members (excludes halogenated alkanes) is 33. The molecular formula is C75H138O17P2. The van der Waals surface area contributed by atoms with E-state index in [1.54, 1.807) is 0 Å². The molecule has 0 aromatic rings. The van der Waals surface area contributed by atoms with Crippen molar-refractivity contribution in [3.05, 3.63) is 48.6 Å². The number of aliphatic hydroxyl groups excluding tert-OH is 1. The predicted octanol–water partition coefficient (Wildman–Crippen LogP) is 21.0. The minimum atomic E-state index is -4.97.